The molecule has 0 unspecified atom stereocenters. The third-order valence-corrected chi connectivity index (χ3v) is 0.632. The first kappa shape index (κ1) is 4.89. The van der Waals surface area contributed by atoms with E-state index in [1.165, 1.54) is 0 Å². The zero-order valence-electron chi connectivity index (χ0n) is 3.43. The minimum absolute atomic E-state index is 1.58. The maximum absolute atomic E-state index is 4.48. The monoisotopic (exact) mass is 89.0 g/mol. The zero-order chi connectivity index (χ0) is 4.28. The highest BCUT2D eigenvalue weighted by molar-refractivity contribution is 7.78. The van der Waals surface area contributed by atoms with E-state index >= 15 is 0 Å². The van der Waals surface area contributed by atoms with Crippen molar-refractivity contribution >= 4 is 17.7 Å². The molecule has 0 saturated heterocycles. The van der Waals surface area contributed by atoms with E-state index in [1.54, 1.807) is 5.49 Å². The number of rotatable bonds is 1. The quantitative estimate of drug-likeness (QED) is 0.430. The van der Waals surface area contributed by atoms with Gasteiger partial charge < -0.3 is 4.90 Å². The molecule has 0 fully saturated rings. The van der Waals surface area contributed by atoms with Crippen molar-refractivity contribution in [3.63, 3.8) is 0 Å². The third kappa shape index (κ3) is 3.89. The van der Waals surface area contributed by atoms with Gasteiger partial charge in [0.15, 0.2) is 0 Å². The molecule has 0 atom stereocenters. The first-order valence-electron chi connectivity index (χ1n) is 1.39. The van der Waals surface area contributed by atoms with E-state index in [0.717, 1.165) is 0 Å². The van der Waals surface area contributed by atoms with Gasteiger partial charge in [-0.15, -0.1) is 0 Å². The molecular formula is C3H7NS. The first-order chi connectivity index (χ1) is 2.27. The van der Waals surface area contributed by atoms with Crippen molar-refractivity contribution < 1.29 is 0 Å². The SMILES string of the molecule is CN(C)C=S. The van der Waals surface area contributed by atoms with Gasteiger partial charge in [0.1, 0.15) is 0 Å². The molecule has 0 aliphatic heterocycles. The summed E-state index contributed by atoms with van der Waals surface area (Å²) in [5.41, 5.74) is 1.58. The molecule has 0 amide bonds. The lowest BCUT2D eigenvalue weighted by Gasteiger charge is -1.96. The largest absolute Gasteiger partial charge is 0.375 e. The molecule has 0 N–H and O–H groups in total. The predicted octanol–water partition coefficient (Wildman–Crippen LogP) is 0.505. The van der Waals surface area contributed by atoms with Crippen LogP contribution in [0, 0.1) is 0 Å². The van der Waals surface area contributed by atoms with Crippen LogP contribution in [0.25, 0.3) is 0 Å². The number of nitrogens with zero attached hydrogens (tertiary/aromatic N) is 1. The van der Waals surface area contributed by atoms with Crippen molar-refractivity contribution in [3.05, 3.63) is 0 Å². The Hall–Kier alpha value is -0.110. The van der Waals surface area contributed by atoms with Crippen molar-refractivity contribution in [3.8, 4) is 0 Å². The van der Waals surface area contributed by atoms with Crippen LogP contribution in [0.4, 0.5) is 0 Å². The summed E-state index contributed by atoms with van der Waals surface area (Å²) in [6, 6.07) is 0. The predicted molar refractivity (Wildman–Crippen MR) is 27.3 cm³/mol. The molecule has 0 spiro atoms. The molecule has 0 heterocycles. The fourth-order valence-corrected chi connectivity index (χ4v) is 0. The second-order valence-corrected chi connectivity index (χ2v) is 1.28. The normalized spacial score (nSPS) is 6.80. The molecular weight excluding hydrogens is 82.1 g/mol. The highest BCUT2D eigenvalue weighted by atomic mass is 32.1. The van der Waals surface area contributed by atoms with Crippen LogP contribution in [-0.2, 0) is 0 Å². The summed E-state index contributed by atoms with van der Waals surface area (Å²) in [4.78, 5) is 1.81. The van der Waals surface area contributed by atoms with Gasteiger partial charge in [0.05, 0.1) is 5.49 Å². The minimum Gasteiger partial charge on any atom is -0.375 e. The highest BCUT2D eigenvalue weighted by Gasteiger charge is 1.64. The van der Waals surface area contributed by atoms with E-state index in [1.807, 2.05) is 19.0 Å². The third-order valence-electron chi connectivity index (χ3n) is 0.211. The van der Waals surface area contributed by atoms with Crippen LogP contribution < -0.4 is 0 Å². The average molecular weight is 89.2 g/mol. The van der Waals surface area contributed by atoms with E-state index in [9.17, 15) is 0 Å². The smallest absolute Gasteiger partial charge is 0.0635 e. The molecule has 0 bridgehead atoms. The van der Waals surface area contributed by atoms with Crippen LogP contribution in [0.5, 0.6) is 0 Å². The Bertz CT molecular complexity index is 33.9. The Morgan fingerprint density at radius 3 is 1.80 bits per heavy atom. The van der Waals surface area contributed by atoms with Gasteiger partial charge in [0.2, 0.25) is 0 Å². The lowest BCUT2D eigenvalue weighted by atomic mass is 11.0. The van der Waals surface area contributed by atoms with Gasteiger partial charge in [0, 0.05) is 14.1 Å². The van der Waals surface area contributed by atoms with E-state index in [4.69, 9.17) is 0 Å². The van der Waals surface area contributed by atoms with Crippen LogP contribution in [0.15, 0.2) is 0 Å². The molecule has 0 rings (SSSR count). The molecule has 0 aromatic heterocycles. The topological polar surface area (TPSA) is 3.24 Å². The van der Waals surface area contributed by atoms with E-state index in [-0.39, 0.29) is 0 Å². The maximum atomic E-state index is 4.48. The van der Waals surface area contributed by atoms with Crippen molar-refractivity contribution in [1.29, 1.82) is 0 Å². The molecule has 0 aliphatic carbocycles. The second-order valence-electron chi connectivity index (χ2n) is 1.07. The molecule has 1 nitrogen and oxygen atoms in total. The van der Waals surface area contributed by atoms with Crippen LogP contribution in [0.2, 0.25) is 0 Å². The van der Waals surface area contributed by atoms with Crippen LogP contribution in [0.1, 0.15) is 0 Å². The molecule has 0 aliphatic rings. The first-order valence-corrected chi connectivity index (χ1v) is 1.86. The van der Waals surface area contributed by atoms with E-state index in [2.05, 4.69) is 12.2 Å². The van der Waals surface area contributed by atoms with Crippen molar-refractivity contribution in [2.24, 2.45) is 0 Å². The summed E-state index contributed by atoms with van der Waals surface area (Å²) in [6.07, 6.45) is 0. The Labute approximate surface area is 37.6 Å². The van der Waals surface area contributed by atoms with Gasteiger partial charge in [-0.3, -0.25) is 0 Å². The summed E-state index contributed by atoms with van der Waals surface area (Å²) >= 11 is 4.48. The standard InChI is InChI=1S/C3H7NS/c1-4(2)3-5/h3H,1-2H3. The summed E-state index contributed by atoms with van der Waals surface area (Å²) in [7, 11) is 3.79. The number of thiocarbonyl (C=S) groups is 1. The van der Waals surface area contributed by atoms with Crippen LogP contribution in [-0.4, -0.2) is 24.5 Å². The molecule has 0 aromatic carbocycles. The average Bonchev–Trinajstić information content (AvgIpc) is 1.38. The lowest BCUT2D eigenvalue weighted by Crippen LogP contribution is -2.04. The molecule has 2 heteroatoms. The molecule has 30 valence electrons. The van der Waals surface area contributed by atoms with Crippen molar-refractivity contribution in [1.82, 2.24) is 4.90 Å². The zero-order valence-corrected chi connectivity index (χ0v) is 4.25. The van der Waals surface area contributed by atoms with Gasteiger partial charge in [0.25, 0.3) is 0 Å². The van der Waals surface area contributed by atoms with E-state index in [0.29, 0.717) is 0 Å². The number of hydrogen-bond donors (Lipinski definition) is 0. The van der Waals surface area contributed by atoms with Gasteiger partial charge in [-0.05, 0) is 0 Å². The summed E-state index contributed by atoms with van der Waals surface area (Å²) in [5.74, 6) is 0. The Balaban J connectivity index is 2.83. The molecule has 5 heavy (non-hydrogen) atoms. The molecule has 0 aromatic rings. The van der Waals surface area contributed by atoms with Gasteiger partial charge in [-0.25, -0.2) is 0 Å². The molecule has 0 radical (unpaired) electrons. The fraction of sp³-hybridized carbons (Fsp3) is 0.667. The highest BCUT2D eigenvalue weighted by Crippen LogP contribution is 1.57. The Morgan fingerprint density at radius 1 is 1.60 bits per heavy atom. The second kappa shape index (κ2) is 2.15. The summed E-state index contributed by atoms with van der Waals surface area (Å²) in [6.45, 7) is 0. The Kier molecular flexibility index (Phi) is 2.10. The lowest BCUT2D eigenvalue weighted by molar-refractivity contribution is 0.654. The van der Waals surface area contributed by atoms with Crippen molar-refractivity contribution in [2.45, 2.75) is 0 Å². The maximum Gasteiger partial charge on any atom is 0.0635 e. The minimum atomic E-state index is 1.58. The van der Waals surface area contributed by atoms with Crippen molar-refractivity contribution in [2.75, 3.05) is 14.1 Å². The van der Waals surface area contributed by atoms with Gasteiger partial charge >= 0.3 is 0 Å². The van der Waals surface area contributed by atoms with Gasteiger partial charge in [-0.1, -0.05) is 12.2 Å². The van der Waals surface area contributed by atoms with Crippen LogP contribution >= 0.6 is 12.2 Å². The Morgan fingerprint density at radius 2 is 1.80 bits per heavy atom. The van der Waals surface area contributed by atoms with Gasteiger partial charge in [-0.2, -0.15) is 0 Å². The van der Waals surface area contributed by atoms with Crippen LogP contribution in [0.3, 0.4) is 0 Å². The molecule has 0 saturated carbocycles. The summed E-state index contributed by atoms with van der Waals surface area (Å²) < 4.78 is 0. The fourth-order valence-electron chi connectivity index (χ4n) is 0. The van der Waals surface area contributed by atoms with E-state index < -0.39 is 0 Å². The summed E-state index contributed by atoms with van der Waals surface area (Å²) in [5, 5.41) is 0. The number of hydrogen-bond acceptors (Lipinski definition) is 1.